The highest BCUT2D eigenvalue weighted by Gasteiger charge is 2.27. The van der Waals surface area contributed by atoms with E-state index < -0.39 is 5.97 Å². The van der Waals surface area contributed by atoms with Crippen molar-refractivity contribution in [2.45, 2.75) is 31.2 Å². The van der Waals surface area contributed by atoms with Gasteiger partial charge in [-0.2, -0.15) is 0 Å². The average Bonchev–Trinajstić information content (AvgIpc) is 2.44. The fourth-order valence-corrected chi connectivity index (χ4v) is 3.72. The molecule has 0 aromatic heterocycles. The van der Waals surface area contributed by atoms with Gasteiger partial charge in [-0.1, -0.05) is 32.0 Å². The molecule has 0 amide bonds. The summed E-state index contributed by atoms with van der Waals surface area (Å²) in [5, 5.41) is 9.09. The zero-order valence-electron chi connectivity index (χ0n) is 11.5. The van der Waals surface area contributed by atoms with Crippen LogP contribution in [0.3, 0.4) is 0 Å². The molecule has 2 atom stereocenters. The largest absolute Gasteiger partial charge is 0.481 e. The number of fused-ring (bicyclic) bond motifs is 1. The zero-order valence-corrected chi connectivity index (χ0v) is 12.3. The Hall–Kier alpha value is -1.00. The maximum atomic E-state index is 11.0. The van der Waals surface area contributed by atoms with Gasteiger partial charge in [-0.15, -0.1) is 11.8 Å². The first-order chi connectivity index (χ1) is 9.13. The second-order valence-electron chi connectivity index (χ2n) is 5.02. The molecule has 0 radical (unpaired) electrons. The van der Waals surface area contributed by atoms with E-state index in [0.29, 0.717) is 12.6 Å². The Morgan fingerprint density at radius 2 is 2.26 bits per heavy atom. The van der Waals surface area contributed by atoms with Gasteiger partial charge in [-0.3, -0.25) is 9.69 Å². The molecule has 2 unspecified atom stereocenters. The Kier molecular flexibility index (Phi) is 4.88. The number of rotatable bonds is 5. The number of hydrogen-bond donors (Lipinski definition) is 1. The molecule has 0 saturated carbocycles. The third-order valence-electron chi connectivity index (χ3n) is 3.70. The molecule has 1 heterocycles. The van der Waals surface area contributed by atoms with E-state index in [1.165, 1.54) is 10.5 Å². The number of carboxylic acid groups (broad SMARTS) is 1. The Morgan fingerprint density at radius 3 is 2.95 bits per heavy atom. The Morgan fingerprint density at radius 1 is 1.53 bits per heavy atom. The van der Waals surface area contributed by atoms with Gasteiger partial charge in [0, 0.05) is 17.5 Å². The van der Waals surface area contributed by atoms with Crippen LogP contribution in [-0.2, 0) is 4.79 Å². The lowest BCUT2D eigenvalue weighted by molar-refractivity contribution is -0.141. The summed E-state index contributed by atoms with van der Waals surface area (Å²) < 4.78 is 0. The summed E-state index contributed by atoms with van der Waals surface area (Å²) >= 11 is 1.90. The lowest BCUT2D eigenvalue weighted by Crippen LogP contribution is -2.36. The van der Waals surface area contributed by atoms with E-state index in [2.05, 4.69) is 36.1 Å². The molecule has 0 saturated heterocycles. The first kappa shape index (κ1) is 14.4. The highest BCUT2D eigenvalue weighted by Crippen LogP contribution is 2.39. The van der Waals surface area contributed by atoms with Crippen molar-refractivity contribution in [2.24, 2.45) is 5.92 Å². The number of benzene rings is 1. The zero-order chi connectivity index (χ0) is 13.8. The Labute approximate surface area is 119 Å². The molecule has 4 heteroatoms. The molecule has 0 bridgehead atoms. The maximum absolute atomic E-state index is 11.0. The number of aliphatic carboxylic acids is 1. The van der Waals surface area contributed by atoms with E-state index in [4.69, 9.17) is 5.11 Å². The van der Waals surface area contributed by atoms with Crippen molar-refractivity contribution in [3.8, 4) is 0 Å². The molecule has 0 aliphatic carbocycles. The van der Waals surface area contributed by atoms with Crippen molar-refractivity contribution < 1.29 is 9.90 Å². The fourth-order valence-electron chi connectivity index (χ4n) is 2.61. The summed E-state index contributed by atoms with van der Waals surface area (Å²) in [5.74, 6) is 0.0817. The van der Waals surface area contributed by atoms with Crippen molar-refractivity contribution in [2.75, 3.05) is 18.8 Å². The number of thioether (sulfide) groups is 1. The van der Waals surface area contributed by atoms with E-state index in [1.807, 2.05) is 11.8 Å². The van der Waals surface area contributed by atoms with Gasteiger partial charge in [0.05, 0.1) is 5.92 Å². The number of nitrogens with zero attached hydrogens (tertiary/aromatic N) is 1. The molecule has 1 aromatic carbocycles. The van der Waals surface area contributed by atoms with Gasteiger partial charge in [0.1, 0.15) is 0 Å². The third kappa shape index (κ3) is 3.31. The quantitative estimate of drug-likeness (QED) is 0.898. The van der Waals surface area contributed by atoms with Crippen molar-refractivity contribution in [3.63, 3.8) is 0 Å². The molecule has 3 nitrogen and oxygen atoms in total. The van der Waals surface area contributed by atoms with Crippen LogP contribution in [-0.4, -0.2) is 34.8 Å². The molecule has 1 aromatic rings. The van der Waals surface area contributed by atoms with Gasteiger partial charge in [-0.05, 0) is 30.3 Å². The van der Waals surface area contributed by atoms with E-state index in [0.717, 1.165) is 18.7 Å². The highest BCUT2D eigenvalue weighted by molar-refractivity contribution is 7.99. The van der Waals surface area contributed by atoms with Crippen LogP contribution < -0.4 is 0 Å². The molecule has 0 fully saturated rings. The van der Waals surface area contributed by atoms with Crippen LogP contribution >= 0.6 is 11.8 Å². The van der Waals surface area contributed by atoms with Gasteiger partial charge in [0.25, 0.3) is 0 Å². The lowest BCUT2D eigenvalue weighted by Gasteiger charge is -2.35. The van der Waals surface area contributed by atoms with E-state index in [-0.39, 0.29) is 5.92 Å². The molecule has 0 spiro atoms. The van der Waals surface area contributed by atoms with Gasteiger partial charge in [0.2, 0.25) is 0 Å². The second-order valence-corrected chi connectivity index (χ2v) is 6.15. The summed E-state index contributed by atoms with van der Waals surface area (Å²) in [6.07, 6.45) is 1.10. The van der Waals surface area contributed by atoms with Gasteiger partial charge in [0.15, 0.2) is 0 Å². The van der Waals surface area contributed by atoms with Crippen LogP contribution in [0.15, 0.2) is 29.2 Å². The number of hydrogen-bond acceptors (Lipinski definition) is 3. The Bertz CT molecular complexity index is 450. The molecule has 1 aliphatic heterocycles. The molecule has 2 rings (SSSR count). The van der Waals surface area contributed by atoms with Crippen LogP contribution in [0.5, 0.6) is 0 Å². The van der Waals surface area contributed by atoms with Crippen molar-refractivity contribution >= 4 is 17.7 Å². The minimum Gasteiger partial charge on any atom is -0.481 e. The standard InChI is InChI=1S/C15H21NO2S/c1-3-16(10-11(2)15(17)18)13-8-9-19-14-7-5-4-6-12(13)14/h4-7,11,13H,3,8-10H2,1-2H3,(H,17,18). The third-order valence-corrected chi connectivity index (χ3v) is 4.83. The summed E-state index contributed by atoms with van der Waals surface area (Å²) in [5.41, 5.74) is 1.36. The normalized spacial score (nSPS) is 20.1. The lowest BCUT2D eigenvalue weighted by atomic mass is 10.0. The molecule has 1 N–H and O–H groups in total. The van der Waals surface area contributed by atoms with Crippen molar-refractivity contribution in [1.29, 1.82) is 0 Å². The minimum atomic E-state index is -0.711. The number of carboxylic acids is 1. The molecular weight excluding hydrogens is 258 g/mol. The first-order valence-electron chi connectivity index (χ1n) is 6.82. The monoisotopic (exact) mass is 279 g/mol. The molecule has 104 valence electrons. The minimum absolute atomic E-state index is 0.318. The topological polar surface area (TPSA) is 40.5 Å². The maximum Gasteiger partial charge on any atom is 0.307 e. The van der Waals surface area contributed by atoms with Crippen LogP contribution in [0, 0.1) is 5.92 Å². The van der Waals surface area contributed by atoms with Crippen LogP contribution in [0.2, 0.25) is 0 Å². The first-order valence-corrected chi connectivity index (χ1v) is 7.80. The smallest absolute Gasteiger partial charge is 0.307 e. The average molecular weight is 279 g/mol. The van der Waals surface area contributed by atoms with Crippen LogP contribution in [0.1, 0.15) is 31.9 Å². The van der Waals surface area contributed by atoms with E-state index in [1.54, 1.807) is 6.92 Å². The van der Waals surface area contributed by atoms with Crippen LogP contribution in [0.25, 0.3) is 0 Å². The molecular formula is C15H21NO2S. The van der Waals surface area contributed by atoms with E-state index >= 15 is 0 Å². The Balaban J connectivity index is 2.18. The highest BCUT2D eigenvalue weighted by atomic mass is 32.2. The molecule has 1 aliphatic rings. The van der Waals surface area contributed by atoms with E-state index in [9.17, 15) is 4.79 Å². The summed E-state index contributed by atoms with van der Waals surface area (Å²) in [6.45, 7) is 5.41. The van der Waals surface area contributed by atoms with Gasteiger partial charge in [-0.25, -0.2) is 0 Å². The summed E-state index contributed by atoms with van der Waals surface area (Å²) in [4.78, 5) is 14.7. The predicted molar refractivity (Wildman–Crippen MR) is 78.6 cm³/mol. The van der Waals surface area contributed by atoms with Crippen molar-refractivity contribution in [1.82, 2.24) is 4.90 Å². The SMILES string of the molecule is CCN(CC(C)C(=O)O)C1CCSc2ccccc21. The summed E-state index contributed by atoms with van der Waals surface area (Å²) in [7, 11) is 0. The van der Waals surface area contributed by atoms with Crippen LogP contribution in [0.4, 0.5) is 0 Å². The number of carbonyl (C=O) groups is 1. The fraction of sp³-hybridized carbons (Fsp3) is 0.533. The summed E-state index contributed by atoms with van der Waals surface area (Å²) in [6, 6.07) is 8.86. The van der Waals surface area contributed by atoms with Crippen molar-refractivity contribution in [3.05, 3.63) is 29.8 Å². The van der Waals surface area contributed by atoms with Gasteiger partial charge >= 0.3 is 5.97 Å². The second kappa shape index (κ2) is 6.44. The molecule has 19 heavy (non-hydrogen) atoms. The van der Waals surface area contributed by atoms with Gasteiger partial charge < -0.3 is 5.11 Å². The predicted octanol–water partition coefficient (Wildman–Crippen LogP) is 3.27.